The van der Waals surface area contributed by atoms with E-state index in [2.05, 4.69) is 39.8 Å². The Balaban J connectivity index is 1.75. The maximum atomic E-state index is 14.1. The molecule has 2 aliphatic carbocycles. The van der Waals surface area contributed by atoms with Gasteiger partial charge in [-0.3, -0.25) is 4.79 Å². The largest absolute Gasteiger partial charge is 0.498 e. The highest BCUT2D eigenvalue weighted by atomic mass is 16.5. The molecule has 0 N–H and O–H groups in total. The number of hydrogen-bond donors (Lipinski definition) is 0. The van der Waals surface area contributed by atoms with Gasteiger partial charge in [-0.2, -0.15) is 0 Å². The van der Waals surface area contributed by atoms with Crippen molar-refractivity contribution in [2.45, 2.75) is 64.8 Å². The highest BCUT2D eigenvalue weighted by Gasteiger charge is 2.59. The molecule has 5 atom stereocenters. The third-order valence-corrected chi connectivity index (χ3v) is 7.77. The summed E-state index contributed by atoms with van der Waals surface area (Å²) in [5.41, 5.74) is 2.04. The van der Waals surface area contributed by atoms with Gasteiger partial charge in [0.25, 0.3) is 0 Å². The third kappa shape index (κ3) is 4.61. The Hall–Kier alpha value is -2.57. The Kier molecular flexibility index (Phi) is 7.40. The van der Waals surface area contributed by atoms with Crippen molar-refractivity contribution in [1.82, 2.24) is 0 Å². The Morgan fingerprint density at radius 3 is 2.36 bits per heavy atom. The summed E-state index contributed by atoms with van der Waals surface area (Å²) in [6, 6.07) is 5.86. The van der Waals surface area contributed by atoms with Crippen molar-refractivity contribution in [3.8, 4) is 11.5 Å². The number of ether oxygens (including phenoxy) is 5. The van der Waals surface area contributed by atoms with Crippen LogP contribution in [0.3, 0.4) is 0 Å². The monoisotopic (exact) mass is 496 g/mol. The van der Waals surface area contributed by atoms with Crippen LogP contribution in [0, 0.1) is 17.3 Å². The number of Topliss-reactive ketones (excluding diaryl/α,β-unsaturated/α-hetero) is 1. The maximum Gasteiger partial charge on any atom is 0.191 e. The second-order valence-corrected chi connectivity index (χ2v) is 11.2. The summed E-state index contributed by atoms with van der Waals surface area (Å²) in [6.45, 7) is 8.54. The molecule has 196 valence electrons. The molecule has 1 aromatic rings. The van der Waals surface area contributed by atoms with Crippen molar-refractivity contribution in [3.63, 3.8) is 0 Å². The average Bonchev–Trinajstić information content (AvgIpc) is 3.40. The summed E-state index contributed by atoms with van der Waals surface area (Å²) in [7, 11) is 6.63. The molecule has 1 saturated carbocycles. The molecule has 3 aliphatic rings. The molecule has 6 nitrogen and oxygen atoms in total. The van der Waals surface area contributed by atoms with Gasteiger partial charge >= 0.3 is 0 Å². The molecule has 0 radical (unpaired) electrons. The van der Waals surface area contributed by atoms with Gasteiger partial charge in [0.15, 0.2) is 17.3 Å². The highest BCUT2D eigenvalue weighted by Crippen LogP contribution is 2.56. The Morgan fingerprint density at radius 1 is 1.03 bits per heavy atom. The van der Waals surface area contributed by atoms with Gasteiger partial charge in [0.1, 0.15) is 17.5 Å². The number of ketones is 1. The van der Waals surface area contributed by atoms with Crippen LogP contribution >= 0.6 is 0 Å². The maximum absolute atomic E-state index is 14.1. The number of hydrogen-bond acceptors (Lipinski definition) is 6. The summed E-state index contributed by atoms with van der Waals surface area (Å²) in [5, 5.41) is 0. The fraction of sp³-hybridized carbons (Fsp3) is 0.567. The van der Waals surface area contributed by atoms with Gasteiger partial charge in [-0.05, 0) is 54.0 Å². The van der Waals surface area contributed by atoms with E-state index >= 15 is 0 Å². The van der Waals surface area contributed by atoms with Crippen molar-refractivity contribution in [2.75, 3.05) is 28.4 Å². The molecule has 2 fully saturated rings. The van der Waals surface area contributed by atoms with Crippen LogP contribution in [-0.2, 0) is 19.0 Å². The molecule has 1 saturated heterocycles. The molecule has 1 aromatic carbocycles. The predicted octanol–water partition coefficient (Wildman–Crippen LogP) is 5.98. The molecule has 36 heavy (non-hydrogen) atoms. The van der Waals surface area contributed by atoms with Crippen LogP contribution in [0.25, 0.3) is 0 Å². The lowest BCUT2D eigenvalue weighted by Gasteiger charge is -2.37. The quantitative estimate of drug-likeness (QED) is 0.452. The molecule has 1 heterocycles. The van der Waals surface area contributed by atoms with Crippen LogP contribution in [0.5, 0.6) is 11.5 Å². The molecule has 1 spiro atoms. The standard InChI is InChI=1S/C30H40O6/c1-18-21(10-12-25(33-6)27(18)35-8)22-15-20(17-29(2,3)4)28(31)30(22)14-13-23(36-30)19-9-11-24(32-5)26(16-19)34-7/h9-12,16-18,22-23,27H,13-15H2,1-8H3/b20-17+. The van der Waals surface area contributed by atoms with Crippen molar-refractivity contribution >= 4 is 5.78 Å². The number of rotatable bonds is 6. The van der Waals surface area contributed by atoms with Crippen molar-refractivity contribution < 1.29 is 28.5 Å². The number of carbonyl (C=O) groups is 1. The SMILES string of the molecule is COC1=CC=C(C2C/C(=C\C(C)(C)C)C(=O)C23CCC(c2ccc(OC)c(OC)c2)O3)C(C)C1OC. The summed E-state index contributed by atoms with van der Waals surface area (Å²) in [5.74, 6) is 2.24. The second-order valence-electron chi connectivity index (χ2n) is 11.2. The Labute approximate surface area is 215 Å². The first-order valence-corrected chi connectivity index (χ1v) is 12.7. The average molecular weight is 497 g/mol. The van der Waals surface area contributed by atoms with Gasteiger partial charge in [-0.25, -0.2) is 0 Å². The minimum absolute atomic E-state index is 0.0577. The minimum Gasteiger partial charge on any atom is -0.498 e. The lowest BCUT2D eigenvalue weighted by atomic mass is 9.74. The molecular weight excluding hydrogens is 456 g/mol. The van der Waals surface area contributed by atoms with Crippen LogP contribution < -0.4 is 9.47 Å². The number of methoxy groups -OCH3 is 4. The summed E-state index contributed by atoms with van der Waals surface area (Å²) in [4.78, 5) is 14.1. The summed E-state index contributed by atoms with van der Waals surface area (Å²) < 4.78 is 29.2. The van der Waals surface area contributed by atoms with E-state index in [1.807, 2.05) is 24.3 Å². The summed E-state index contributed by atoms with van der Waals surface area (Å²) >= 11 is 0. The molecule has 1 aliphatic heterocycles. The van der Waals surface area contributed by atoms with E-state index in [1.165, 1.54) is 5.57 Å². The number of benzene rings is 1. The van der Waals surface area contributed by atoms with Crippen molar-refractivity contribution in [2.24, 2.45) is 17.3 Å². The van der Waals surface area contributed by atoms with Crippen molar-refractivity contribution in [3.05, 3.63) is 58.9 Å². The van der Waals surface area contributed by atoms with E-state index < -0.39 is 5.60 Å². The van der Waals surface area contributed by atoms with Crippen LogP contribution in [0.2, 0.25) is 0 Å². The fourth-order valence-electron chi connectivity index (χ4n) is 6.15. The fourth-order valence-corrected chi connectivity index (χ4v) is 6.15. The van der Waals surface area contributed by atoms with Gasteiger partial charge in [-0.1, -0.05) is 51.5 Å². The van der Waals surface area contributed by atoms with E-state index in [1.54, 1.807) is 28.4 Å². The first kappa shape index (κ1) is 26.5. The molecule has 0 bridgehead atoms. The zero-order valence-electron chi connectivity index (χ0n) is 22.8. The zero-order valence-corrected chi connectivity index (χ0v) is 22.8. The van der Waals surface area contributed by atoms with Crippen LogP contribution in [-0.4, -0.2) is 45.9 Å². The smallest absolute Gasteiger partial charge is 0.191 e. The number of allylic oxidation sites excluding steroid dienone is 3. The normalized spacial score (nSPS) is 31.6. The Bertz CT molecular complexity index is 1090. The lowest BCUT2D eigenvalue weighted by Crippen LogP contribution is -2.43. The number of carbonyl (C=O) groups excluding carboxylic acids is 1. The van der Waals surface area contributed by atoms with Gasteiger partial charge in [0.05, 0.1) is 27.4 Å². The van der Waals surface area contributed by atoms with Gasteiger partial charge in [-0.15, -0.1) is 0 Å². The topological polar surface area (TPSA) is 63.2 Å². The molecule has 6 heteroatoms. The zero-order chi connectivity index (χ0) is 26.3. The van der Waals surface area contributed by atoms with Crippen molar-refractivity contribution in [1.29, 1.82) is 0 Å². The van der Waals surface area contributed by atoms with E-state index in [4.69, 9.17) is 23.7 Å². The van der Waals surface area contributed by atoms with E-state index in [0.717, 1.165) is 23.3 Å². The van der Waals surface area contributed by atoms with Gasteiger partial charge < -0.3 is 23.7 Å². The van der Waals surface area contributed by atoms with E-state index in [-0.39, 0.29) is 35.2 Å². The van der Waals surface area contributed by atoms with Crippen LogP contribution in [0.15, 0.2) is 53.3 Å². The second kappa shape index (κ2) is 10.1. The predicted molar refractivity (Wildman–Crippen MR) is 139 cm³/mol. The van der Waals surface area contributed by atoms with Gasteiger partial charge in [0, 0.05) is 18.9 Å². The molecule has 0 amide bonds. The summed E-state index contributed by atoms with van der Waals surface area (Å²) in [6.07, 6.45) is 7.92. The van der Waals surface area contributed by atoms with E-state index in [0.29, 0.717) is 24.3 Å². The molecule has 0 aromatic heterocycles. The van der Waals surface area contributed by atoms with E-state index in [9.17, 15) is 4.79 Å². The minimum atomic E-state index is -0.897. The highest BCUT2D eigenvalue weighted by molar-refractivity contribution is 6.05. The van der Waals surface area contributed by atoms with Crippen LogP contribution in [0.1, 0.15) is 58.6 Å². The first-order chi connectivity index (χ1) is 17.1. The van der Waals surface area contributed by atoms with Gasteiger partial charge in [0.2, 0.25) is 0 Å². The molecular formula is C30H40O6. The third-order valence-electron chi connectivity index (χ3n) is 7.77. The lowest BCUT2D eigenvalue weighted by molar-refractivity contribution is -0.140. The molecule has 5 unspecified atom stereocenters. The molecule has 4 rings (SSSR count). The first-order valence-electron chi connectivity index (χ1n) is 12.7. The van der Waals surface area contributed by atoms with Crippen LogP contribution in [0.4, 0.5) is 0 Å². The Morgan fingerprint density at radius 2 is 1.75 bits per heavy atom.